The number of methoxy groups -OCH3 is 1. The van der Waals surface area contributed by atoms with E-state index in [1.165, 1.54) is 13.4 Å². The number of aromatic nitrogens is 3. The third-order valence-electron chi connectivity index (χ3n) is 2.97. The minimum absolute atomic E-state index is 0.0511. The standard InChI is InChI=1S/C14H18N4O3/c1-3-7-18-12(16-9-17-18)8-21-14(19)10-5-4-6-11(20-2)13(10)15/h4-6,9H,3,7-8,15H2,1-2H3. The molecule has 0 spiro atoms. The maximum absolute atomic E-state index is 12.1. The van der Waals surface area contributed by atoms with Crippen LogP contribution in [0.3, 0.4) is 0 Å². The summed E-state index contributed by atoms with van der Waals surface area (Å²) in [5.41, 5.74) is 6.40. The molecule has 7 nitrogen and oxygen atoms in total. The number of nitrogens with zero attached hydrogens (tertiary/aromatic N) is 3. The van der Waals surface area contributed by atoms with Crippen LogP contribution in [0, 0.1) is 0 Å². The van der Waals surface area contributed by atoms with Gasteiger partial charge in [0.25, 0.3) is 0 Å². The summed E-state index contributed by atoms with van der Waals surface area (Å²) in [4.78, 5) is 16.2. The van der Waals surface area contributed by atoms with Gasteiger partial charge < -0.3 is 15.2 Å². The SMILES string of the molecule is CCCn1ncnc1COC(=O)c1cccc(OC)c1N. The van der Waals surface area contributed by atoms with Crippen molar-refractivity contribution < 1.29 is 14.3 Å². The van der Waals surface area contributed by atoms with Gasteiger partial charge >= 0.3 is 5.97 Å². The lowest BCUT2D eigenvalue weighted by Crippen LogP contribution is -2.12. The summed E-state index contributed by atoms with van der Waals surface area (Å²) < 4.78 is 12.0. The Balaban J connectivity index is 2.07. The molecule has 2 N–H and O–H groups in total. The van der Waals surface area contributed by atoms with Crippen LogP contribution in [0.1, 0.15) is 29.5 Å². The van der Waals surface area contributed by atoms with Crippen LogP contribution in [-0.4, -0.2) is 27.8 Å². The first kappa shape index (κ1) is 14.8. The molecule has 0 atom stereocenters. The Labute approximate surface area is 122 Å². The highest BCUT2D eigenvalue weighted by Crippen LogP contribution is 2.25. The summed E-state index contributed by atoms with van der Waals surface area (Å²) in [5.74, 6) is 0.530. The Bertz CT molecular complexity index is 624. The van der Waals surface area contributed by atoms with Gasteiger partial charge in [0.15, 0.2) is 12.4 Å². The van der Waals surface area contributed by atoms with Gasteiger partial charge in [0.1, 0.15) is 12.1 Å². The Morgan fingerprint density at radius 1 is 1.43 bits per heavy atom. The van der Waals surface area contributed by atoms with Gasteiger partial charge in [-0.2, -0.15) is 5.10 Å². The van der Waals surface area contributed by atoms with Crippen molar-refractivity contribution >= 4 is 11.7 Å². The fraction of sp³-hybridized carbons (Fsp3) is 0.357. The van der Waals surface area contributed by atoms with Gasteiger partial charge in [-0.25, -0.2) is 14.5 Å². The van der Waals surface area contributed by atoms with E-state index in [-0.39, 0.29) is 17.9 Å². The van der Waals surface area contributed by atoms with E-state index in [9.17, 15) is 4.79 Å². The minimum atomic E-state index is -0.516. The van der Waals surface area contributed by atoms with Crippen LogP contribution in [0.25, 0.3) is 0 Å². The Morgan fingerprint density at radius 3 is 2.95 bits per heavy atom. The molecule has 21 heavy (non-hydrogen) atoms. The van der Waals surface area contributed by atoms with Crippen molar-refractivity contribution in [1.29, 1.82) is 0 Å². The molecule has 2 rings (SSSR count). The Kier molecular flexibility index (Phi) is 4.76. The van der Waals surface area contributed by atoms with Crippen molar-refractivity contribution in [1.82, 2.24) is 14.8 Å². The third-order valence-corrected chi connectivity index (χ3v) is 2.97. The lowest BCUT2D eigenvalue weighted by atomic mass is 10.1. The number of para-hydroxylation sites is 1. The molecule has 1 heterocycles. The Morgan fingerprint density at radius 2 is 2.24 bits per heavy atom. The summed E-state index contributed by atoms with van der Waals surface area (Å²) in [6.07, 6.45) is 2.37. The number of esters is 1. The fourth-order valence-electron chi connectivity index (χ4n) is 1.91. The largest absolute Gasteiger partial charge is 0.495 e. The van der Waals surface area contributed by atoms with Gasteiger partial charge in [-0.1, -0.05) is 13.0 Å². The van der Waals surface area contributed by atoms with Gasteiger partial charge in [0.2, 0.25) is 0 Å². The number of nitrogen functional groups attached to an aromatic ring is 1. The second-order valence-corrected chi connectivity index (χ2v) is 4.40. The normalized spacial score (nSPS) is 10.4. The number of carbonyl (C=O) groups excluding carboxylic acids is 1. The molecule has 0 aliphatic carbocycles. The van der Waals surface area contributed by atoms with Crippen molar-refractivity contribution in [3.05, 3.63) is 35.9 Å². The predicted octanol–water partition coefficient (Wildman–Crippen LogP) is 1.64. The minimum Gasteiger partial charge on any atom is -0.495 e. The summed E-state index contributed by atoms with van der Waals surface area (Å²) in [7, 11) is 1.49. The molecule has 0 saturated heterocycles. The second-order valence-electron chi connectivity index (χ2n) is 4.40. The Hall–Kier alpha value is -2.57. The van der Waals surface area contributed by atoms with Crippen LogP contribution in [0.2, 0.25) is 0 Å². The quantitative estimate of drug-likeness (QED) is 0.642. The van der Waals surface area contributed by atoms with E-state index in [2.05, 4.69) is 10.1 Å². The van der Waals surface area contributed by atoms with Gasteiger partial charge in [-0.3, -0.25) is 0 Å². The molecule has 0 aliphatic heterocycles. The molecule has 1 aromatic carbocycles. The third kappa shape index (κ3) is 3.31. The number of rotatable bonds is 6. The first-order valence-corrected chi connectivity index (χ1v) is 6.63. The molecule has 1 aromatic heterocycles. The summed E-state index contributed by atoms with van der Waals surface area (Å²) in [6, 6.07) is 4.96. The van der Waals surface area contributed by atoms with Crippen LogP contribution in [-0.2, 0) is 17.9 Å². The molecule has 7 heteroatoms. The number of anilines is 1. The lowest BCUT2D eigenvalue weighted by Gasteiger charge is -2.10. The lowest BCUT2D eigenvalue weighted by molar-refractivity contribution is 0.0457. The van der Waals surface area contributed by atoms with Crippen molar-refractivity contribution in [3.8, 4) is 5.75 Å². The summed E-state index contributed by atoms with van der Waals surface area (Å²) >= 11 is 0. The number of carbonyl (C=O) groups is 1. The molecule has 0 saturated carbocycles. The molecule has 0 aliphatic rings. The number of hydrogen-bond donors (Lipinski definition) is 1. The van der Waals surface area contributed by atoms with Gasteiger partial charge in [-0.15, -0.1) is 0 Å². The number of ether oxygens (including phenoxy) is 2. The van der Waals surface area contributed by atoms with Crippen molar-refractivity contribution in [3.63, 3.8) is 0 Å². The van der Waals surface area contributed by atoms with Crippen molar-refractivity contribution in [2.45, 2.75) is 26.5 Å². The van der Waals surface area contributed by atoms with Gasteiger partial charge in [0, 0.05) is 6.54 Å². The van der Waals surface area contributed by atoms with E-state index in [4.69, 9.17) is 15.2 Å². The number of nitrogens with two attached hydrogens (primary N) is 1. The van der Waals surface area contributed by atoms with E-state index in [0.717, 1.165) is 13.0 Å². The molecule has 0 radical (unpaired) electrons. The van der Waals surface area contributed by atoms with Gasteiger partial charge in [-0.05, 0) is 18.6 Å². The highest BCUT2D eigenvalue weighted by molar-refractivity contribution is 5.96. The monoisotopic (exact) mass is 290 g/mol. The first-order valence-electron chi connectivity index (χ1n) is 6.63. The van der Waals surface area contributed by atoms with Gasteiger partial charge in [0.05, 0.1) is 18.4 Å². The van der Waals surface area contributed by atoms with Crippen LogP contribution >= 0.6 is 0 Å². The van der Waals surface area contributed by atoms with E-state index >= 15 is 0 Å². The zero-order valence-corrected chi connectivity index (χ0v) is 12.1. The van der Waals surface area contributed by atoms with Crippen molar-refractivity contribution in [2.24, 2.45) is 0 Å². The zero-order valence-electron chi connectivity index (χ0n) is 12.1. The average Bonchev–Trinajstić information content (AvgIpc) is 2.93. The number of hydrogen-bond acceptors (Lipinski definition) is 6. The molecule has 0 fully saturated rings. The van der Waals surface area contributed by atoms with Crippen LogP contribution < -0.4 is 10.5 Å². The highest BCUT2D eigenvalue weighted by atomic mass is 16.5. The molecular formula is C14H18N4O3. The number of aryl methyl sites for hydroxylation is 1. The zero-order chi connectivity index (χ0) is 15.2. The van der Waals surface area contributed by atoms with E-state index in [0.29, 0.717) is 11.6 Å². The number of benzene rings is 1. The van der Waals surface area contributed by atoms with Crippen LogP contribution in [0.4, 0.5) is 5.69 Å². The van der Waals surface area contributed by atoms with Crippen LogP contribution in [0.15, 0.2) is 24.5 Å². The molecule has 0 unspecified atom stereocenters. The van der Waals surface area contributed by atoms with E-state index in [1.54, 1.807) is 22.9 Å². The average molecular weight is 290 g/mol. The fourth-order valence-corrected chi connectivity index (χ4v) is 1.91. The molecule has 112 valence electrons. The molecule has 0 bridgehead atoms. The van der Waals surface area contributed by atoms with E-state index < -0.39 is 5.97 Å². The predicted molar refractivity (Wildman–Crippen MR) is 76.8 cm³/mol. The van der Waals surface area contributed by atoms with Crippen LogP contribution in [0.5, 0.6) is 5.75 Å². The smallest absolute Gasteiger partial charge is 0.340 e. The highest BCUT2D eigenvalue weighted by Gasteiger charge is 2.15. The maximum Gasteiger partial charge on any atom is 0.340 e. The van der Waals surface area contributed by atoms with E-state index in [1.807, 2.05) is 6.92 Å². The maximum atomic E-state index is 12.1. The molecule has 0 amide bonds. The topological polar surface area (TPSA) is 92.3 Å². The van der Waals surface area contributed by atoms with Crippen molar-refractivity contribution in [2.75, 3.05) is 12.8 Å². The molecular weight excluding hydrogens is 272 g/mol. The summed E-state index contributed by atoms with van der Waals surface area (Å²) in [6.45, 7) is 2.82. The second kappa shape index (κ2) is 6.74. The first-order chi connectivity index (χ1) is 10.2. The summed E-state index contributed by atoms with van der Waals surface area (Å²) in [5, 5.41) is 4.07. The molecule has 2 aromatic rings.